The molecule has 0 aromatic heterocycles. The summed E-state index contributed by atoms with van der Waals surface area (Å²) in [6.45, 7) is 2.42. The largest absolute Gasteiger partial charge is 0.451 e. The van der Waals surface area contributed by atoms with Gasteiger partial charge < -0.3 is 15.0 Å². The molecule has 0 aromatic carbocycles. The minimum Gasteiger partial charge on any atom is -0.451 e. The summed E-state index contributed by atoms with van der Waals surface area (Å²) in [5.41, 5.74) is -0.839. The first-order valence-corrected chi connectivity index (χ1v) is 8.55. The topological polar surface area (TPSA) is 96.0 Å². The second-order valence-electron chi connectivity index (χ2n) is 6.78. The Morgan fingerprint density at radius 3 is 2.42 bits per heavy atom. The first kappa shape index (κ1) is 16.7. The number of imide groups is 1. The molecule has 0 aromatic rings. The van der Waals surface area contributed by atoms with Crippen molar-refractivity contribution < 1.29 is 23.9 Å². The summed E-state index contributed by atoms with van der Waals surface area (Å²) in [5.74, 6) is -1.33. The lowest BCUT2D eigenvalue weighted by Gasteiger charge is -2.22. The van der Waals surface area contributed by atoms with Crippen LogP contribution in [0.1, 0.15) is 45.4 Å². The van der Waals surface area contributed by atoms with Gasteiger partial charge in [0.25, 0.3) is 11.8 Å². The fraction of sp³-hybridized carbons (Fsp3) is 0.750. The van der Waals surface area contributed by atoms with Crippen molar-refractivity contribution in [2.75, 3.05) is 19.6 Å². The highest BCUT2D eigenvalue weighted by atomic mass is 16.5. The molecular weight excluding hydrogens is 314 g/mol. The minimum absolute atomic E-state index is 0.231. The van der Waals surface area contributed by atoms with Crippen molar-refractivity contribution in [3.05, 3.63) is 0 Å². The molecule has 4 amide bonds. The molecule has 8 nitrogen and oxygen atoms in total. The molecule has 0 unspecified atom stereocenters. The predicted molar refractivity (Wildman–Crippen MR) is 82.8 cm³/mol. The summed E-state index contributed by atoms with van der Waals surface area (Å²) in [4.78, 5) is 51.3. The number of rotatable bonds is 4. The van der Waals surface area contributed by atoms with Crippen LogP contribution >= 0.6 is 0 Å². The lowest BCUT2D eigenvalue weighted by Crippen LogP contribution is -2.45. The summed E-state index contributed by atoms with van der Waals surface area (Å²) in [6, 6.07) is -0.558. The van der Waals surface area contributed by atoms with E-state index >= 15 is 0 Å². The van der Waals surface area contributed by atoms with Gasteiger partial charge in [0.15, 0.2) is 6.10 Å². The first-order valence-electron chi connectivity index (χ1n) is 8.55. The molecule has 2 saturated heterocycles. The molecule has 3 fully saturated rings. The van der Waals surface area contributed by atoms with Gasteiger partial charge in [0.2, 0.25) is 0 Å². The molecule has 3 aliphatic rings. The van der Waals surface area contributed by atoms with Crippen LogP contribution in [0.15, 0.2) is 0 Å². The van der Waals surface area contributed by atoms with Crippen molar-refractivity contribution in [3.8, 4) is 0 Å². The van der Waals surface area contributed by atoms with E-state index in [9.17, 15) is 19.2 Å². The highest BCUT2D eigenvalue weighted by Crippen LogP contribution is 2.34. The Morgan fingerprint density at radius 1 is 1.17 bits per heavy atom. The smallest absolute Gasteiger partial charge is 0.327 e. The van der Waals surface area contributed by atoms with Crippen molar-refractivity contribution in [1.29, 1.82) is 0 Å². The van der Waals surface area contributed by atoms with Crippen LogP contribution in [-0.4, -0.2) is 64.9 Å². The molecule has 24 heavy (non-hydrogen) atoms. The average molecular weight is 337 g/mol. The monoisotopic (exact) mass is 337 g/mol. The van der Waals surface area contributed by atoms with E-state index in [4.69, 9.17) is 4.74 Å². The zero-order chi connectivity index (χ0) is 17.3. The maximum absolute atomic E-state index is 12.5. The van der Waals surface area contributed by atoms with E-state index in [0.29, 0.717) is 25.9 Å². The van der Waals surface area contributed by atoms with Crippen LogP contribution in [0, 0.1) is 0 Å². The minimum atomic E-state index is -0.906. The van der Waals surface area contributed by atoms with Crippen LogP contribution in [-0.2, 0) is 19.1 Å². The summed E-state index contributed by atoms with van der Waals surface area (Å²) in [5, 5.41) is 2.71. The Bertz CT molecular complexity index is 564. The number of carbonyl (C=O) groups excluding carboxylic acids is 4. The normalized spacial score (nSPS) is 23.7. The van der Waals surface area contributed by atoms with Gasteiger partial charge in [-0.05, 0) is 32.6 Å². The van der Waals surface area contributed by atoms with Gasteiger partial charge in [-0.2, -0.15) is 0 Å². The number of urea groups is 1. The van der Waals surface area contributed by atoms with Gasteiger partial charge in [0.05, 0.1) is 0 Å². The predicted octanol–water partition coefficient (Wildman–Crippen LogP) is 0.405. The van der Waals surface area contributed by atoms with E-state index in [1.807, 2.05) is 0 Å². The third-order valence-electron chi connectivity index (χ3n) is 5.06. The van der Waals surface area contributed by atoms with Gasteiger partial charge in [-0.1, -0.05) is 12.8 Å². The summed E-state index contributed by atoms with van der Waals surface area (Å²) < 4.78 is 5.13. The van der Waals surface area contributed by atoms with Crippen LogP contribution in [0.4, 0.5) is 4.79 Å². The highest BCUT2D eigenvalue weighted by Gasteiger charge is 2.52. The Balaban J connectivity index is 1.55. The Hall–Kier alpha value is -2.12. The highest BCUT2D eigenvalue weighted by molar-refractivity contribution is 6.08. The van der Waals surface area contributed by atoms with Crippen molar-refractivity contribution in [3.63, 3.8) is 0 Å². The summed E-state index contributed by atoms with van der Waals surface area (Å²) in [6.07, 6.45) is 3.97. The van der Waals surface area contributed by atoms with Crippen molar-refractivity contribution in [2.45, 2.75) is 57.1 Å². The lowest BCUT2D eigenvalue weighted by atomic mass is 9.98. The van der Waals surface area contributed by atoms with Crippen molar-refractivity contribution >= 4 is 23.8 Å². The van der Waals surface area contributed by atoms with E-state index in [1.54, 1.807) is 4.90 Å². The number of ether oxygens (including phenoxy) is 1. The van der Waals surface area contributed by atoms with E-state index in [-0.39, 0.29) is 11.8 Å². The van der Waals surface area contributed by atoms with Crippen molar-refractivity contribution in [2.24, 2.45) is 0 Å². The van der Waals surface area contributed by atoms with Gasteiger partial charge >= 0.3 is 12.0 Å². The van der Waals surface area contributed by atoms with E-state index in [2.05, 4.69) is 5.32 Å². The number of hydrogen-bond acceptors (Lipinski definition) is 5. The third-order valence-corrected chi connectivity index (χ3v) is 5.06. The number of likely N-dealkylation sites (tertiary alicyclic amines) is 1. The molecule has 8 heteroatoms. The third kappa shape index (κ3) is 2.97. The van der Waals surface area contributed by atoms with Crippen LogP contribution < -0.4 is 5.32 Å². The molecule has 132 valence electrons. The van der Waals surface area contributed by atoms with Crippen LogP contribution in [0.5, 0.6) is 0 Å². The molecule has 1 N–H and O–H groups in total. The molecule has 1 saturated carbocycles. The van der Waals surface area contributed by atoms with Crippen LogP contribution in [0.25, 0.3) is 0 Å². The molecule has 2 heterocycles. The number of nitrogens with zero attached hydrogens (tertiary/aromatic N) is 2. The zero-order valence-corrected chi connectivity index (χ0v) is 13.9. The van der Waals surface area contributed by atoms with Crippen LogP contribution in [0.2, 0.25) is 0 Å². The van der Waals surface area contributed by atoms with E-state index in [0.717, 1.165) is 30.6 Å². The maximum atomic E-state index is 12.5. The summed E-state index contributed by atoms with van der Waals surface area (Å²) in [7, 11) is 0. The standard InChI is InChI=1S/C16H23N3O5/c1-11(13(21)18-8-4-5-9-18)24-12(20)10-19-14(22)16(17-15(19)23)6-2-3-7-16/h11H,2-10H2,1H3,(H,17,23)/t11-/m0/s1. The van der Waals surface area contributed by atoms with Gasteiger partial charge in [0, 0.05) is 13.1 Å². The molecule has 1 aliphatic carbocycles. The number of carbonyl (C=O) groups is 4. The zero-order valence-electron chi connectivity index (χ0n) is 13.9. The number of nitrogens with one attached hydrogen (secondary N) is 1. The van der Waals surface area contributed by atoms with Gasteiger partial charge in [-0.3, -0.25) is 19.3 Å². The lowest BCUT2D eigenvalue weighted by molar-refractivity contribution is -0.160. The Morgan fingerprint density at radius 2 is 1.79 bits per heavy atom. The number of esters is 1. The summed E-state index contributed by atoms with van der Waals surface area (Å²) >= 11 is 0. The molecular formula is C16H23N3O5. The SMILES string of the molecule is C[C@H](OC(=O)CN1C(=O)NC2(CCCC2)C1=O)C(=O)N1CCCC1. The molecule has 2 aliphatic heterocycles. The van der Waals surface area contributed by atoms with E-state index < -0.39 is 30.2 Å². The van der Waals surface area contributed by atoms with Crippen molar-refractivity contribution in [1.82, 2.24) is 15.1 Å². The van der Waals surface area contributed by atoms with Gasteiger partial charge in [-0.25, -0.2) is 4.79 Å². The number of hydrogen-bond donors (Lipinski definition) is 1. The molecule has 1 atom stereocenters. The fourth-order valence-corrected chi connectivity index (χ4v) is 3.75. The molecule has 3 rings (SSSR count). The number of amides is 4. The van der Waals surface area contributed by atoms with Gasteiger partial charge in [-0.15, -0.1) is 0 Å². The second-order valence-corrected chi connectivity index (χ2v) is 6.78. The van der Waals surface area contributed by atoms with Crippen LogP contribution in [0.3, 0.4) is 0 Å². The Labute approximate surface area is 140 Å². The first-order chi connectivity index (χ1) is 11.4. The average Bonchev–Trinajstić information content (AvgIpc) is 3.26. The fourth-order valence-electron chi connectivity index (χ4n) is 3.75. The maximum Gasteiger partial charge on any atom is 0.327 e. The Kier molecular flexibility index (Phi) is 4.47. The quantitative estimate of drug-likeness (QED) is 0.592. The molecule has 0 radical (unpaired) electrons. The molecule has 1 spiro atoms. The molecule has 0 bridgehead atoms. The van der Waals surface area contributed by atoms with E-state index in [1.165, 1.54) is 6.92 Å². The van der Waals surface area contributed by atoms with Gasteiger partial charge in [0.1, 0.15) is 12.1 Å². The second kappa shape index (κ2) is 6.41.